The normalized spacial score (nSPS) is 22.9. The first-order chi connectivity index (χ1) is 9.29. The predicted octanol–water partition coefficient (Wildman–Crippen LogP) is 0.824. The van der Waals surface area contributed by atoms with Gasteiger partial charge in [-0.3, -0.25) is 4.68 Å². The molecule has 2 heterocycles. The summed E-state index contributed by atoms with van der Waals surface area (Å²) in [5.74, 6) is 0.202. The standard InChI is InChI=1S/C13H23N3O3S/c1-10-12(8-14-15(10)2)13(17)7-11-5-4-6-16(9-11)20(3,18)19/h8,11,13,17H,4-7,9H2,1-3H3. The van der Waals surface area contributed by atoms with Gasteiger partial charge in [-0.2, -0.15) is 5.10 Å². The summed E-state index contributed by atoms with van der Waals surface area (Å²) in [5.41, 5.74) is 1.79. The van der Waals surface area contributed by atoms with Crippen molar-refractivity contribution in [3.63, 3.8) is 0 Å². The summed E-state index contributed by atoms with van der Waals surface area (Å²) in [6.07, 6.45) is 4.76. The number of sulfonamides is 1. The Kier molecular flexibility index (Phi) is 4.51. The maximum absolute atomic E-state index is 11.6. The molecule has 0 spiro atoms. The first-order valence-electron chi connectivity index (χ1n) is 6.90. The summed E-state index contributed by atoms with van der Waals surface area (Å²) in [5, 5.41) is 14.5. The Bertz CT molecular complexity index is 567. The topological polar surface area (TPSA) is 75.4 Å². The van der Waals surface area contributed by atoms with Crippen LogP contribution in [0.1, 0.15) is 36.6 Å². The molecule has 0 aliphatic carbocycles. The molecule has 2 unspecified atom stereocenters. The van der Waals surface area contributed by atoms with Crippen LogP contribution in [0.2, 0.25) is 0 Å². The van der Waals surface area contributed by atoms with Gasteiger partial charge in [-0.15, -0.1) is 0 Å². The highest BCUT2D eigenvalue weighted by atomic mass is 32.2. The van der Waals surface area contributed by atoms with Crippen LogP contribution in [0.4, 0.5) is 0 Å². The average molecular weight is 301 g/mol. The van der Waals surface area contributed by atoms with Crippen LogP contribution in [0.3, 0.4) is 0 Å². The molecular formula is C13H23N3O3S. The lowest BCUT2D eigenvalue weighted by Gasteiger charge is -2.32. The van der Waals surface area contributed by atoms with Gasteiger partial charge in [-0.1, -0.05) is 0 Å². The first kappa shape index (κ1) is 15.5. The van der Waals surface area contributed by atoms with E-state index in [0.717, 1.165) is 24.1 Å². The Balaban J connectivity index is 2.01. The van der Waals surface area contributed by atoms with E-state index < -0.39 is 16.1 Å². The van der Waals surface area contributed by atoms with E-state index in [2.05, 4.69) is 5.10 Å². The van der Waals surface area contributed by atoms with E-state index in [9.17, 15) is 13.5 Å². The molecule has 1 N–H and O–H groups in total. The van der Waals surface area contributed by atoms with Gasteiger partial charge < -0.3 is 5.11 Å². The van der Waals surface area contributed by atoms with Crippen LogP contribution in [0.15, 0.2) is 6.20 Å². The minimum absolute atomic E-state index is 0.202. The fraction of sp³-hybridized carbons (Fsp3) is 0.769. The number of nitrogens with zero attached hydrogens (tertiary/aromatic N) is 3. The lowest BCUT2D eigenvalue weighted by atomic mass is 9.91. The van der Waals surface area contributed by atoms with Crippen LogP contribution in [0, 0.1) is 12.8 Å². The molecule has 0 saturated carbocycles. The highest BCUT2D eigenvalue weighted by Gasteiger charge is 2.28. The third-order valence-corrected chi connectivity index (χ3v) is 5.41. The summed E-state index contributed by atoms with van der Waals surface area (Å²) < 4.78 is 26.4. The van der Waals surface area contributed by atoms with Crippen molar-refractivity contribution in [2.24, 2.45) is 13.0 Å². The second-order valence-corrected chi connectivity index (χ2v) is 7.67. The van der Waals surface area contributed by atoms with Gasteiger partial charge in [0.05, 0.1) is 18.6 Å². The van der Waals surface area contributed by atoms with Crippen molar-refractivity contribution in [2.75, 3.05) is 19.3 Å². The molecule has 2 atom stereocenters. The summed E-state index contributed by atoms with van der Waals surface area (Å²) >= 11 is 0. The van der Waals surface area contributed by atoms with Gasteiger partial charge in [-0.25, -0.2) is 12.7 Å². The average Bonchev–Trinajstić information content (AvgIpc) is 2.69. The van der Waals surface area contributed by atoms with Crippen LogP contribution >= 0.6 is 0 Å². The van der Waals surface area contributed by atoms with Crippen molar-refractivity contribution in [3.05, 3.63) is 17.5 Å². The van der Waals surface area contributed by atoms with Crippen molar-refractivity contribution in [1.29, 1.82) is 0 Å². The van der Waals surface area contributed by atoms with E-state index in [1.54, 1.807) is 10.9 Å². The molecule has 1 fully saturated rings. The molecule has 20 heavy (non-hydrogen) atoms. The van der Waals surface area contributed by atoms with Crippen LogP contribution < -0.4 is 0 Å². The fourth-order valence-electron chi connectivity index (χ4n) is 2.81. The molecule has 1 aliphatic rings. The molecule has 0 aromatic carbocycles. The summed E-state index contributed by atoms with van der Waals surface area (Å²) in [6, 6.07) is 0. The van der Waals surface area contributed by atoms with E-state index in [-0.39, 0.29) is 5.92 Å². The zero-order valence-electron chi connectivity index (χ0n) is 12.3. The number of aryl methyl sites for hydroxylation is 1. The minimum atomic E-state index is -3.13. The molecule has 2 rings (SSSR count). The van der Waals surface area contributed by atoms with Gasteiger partial charge in [0.15, 0.2) is 0 Å². The molecule has 0 bridgehead atoms. The molecule has 114 valence electrons. The Labute approximate surface area is 120 Å². The van der Waals surface area contributed by atoms with E-state index in [0.29, 0.717) is 19.5 Å². The molecule has 6 nitrogen and oxygen atoms in total. The molecular weight excluding hydrogens is 278 g/mol. The third kappa shape index (κ3) is 3.39. The van der Waals surface area contributed by atoms with Crippen molar-refractivity contribution in [2.45, 2.75) is 32.3 Å². The summed E-state index contributed by atoms with van der Waals surface area (Å²) in [7, 11) is -1.28. The van der Waals surface area contributed by atoms with Crippen molar-refractivity contribution < 1.29 is 13.5 Å². The van der Waals surface area contributed by atoms with Gasteiger partial charge in [0.2, 0.25) is 10.0 Å². The number of aromatic nitrogens is 2. The Morgan fingerprint density at radius 2 is 2.25 bits per heavy atom. The van der Waals surface area contributed by atoms with Gasteiger partial charge >= 0.3 is 0 Å². The fourth-order valence-corrected chi connectivity index (χ4v) is 3.75. The summed E-state index contributed by atoms with van der Waals surface area (Å²) in [4.78, 5) is 0. The molecule has 1 saturated heterocycles. The second kappa shape index (κ2) is 5.83. The smallest absolute Gasteiger partial charge is 0.211 e. The Morgan fingerprint density at radius 3 is 2.80 bits per heavy atom. The summed E-state index contributed by atoms with van der Waals surface area (Å²) in [6.45, 7) is 3.03. The van der Waals surface area contributed by atoms with Gasteiger partial charge in [-0.05, 0) is 32.1 Å². The maximum Gasteiger partial charge on any atom is 0.211 e. The number of aliphatic hydroxyl groups is 1. The third-order valence-electron chi connectivity index (χ3n) is 4.14. The van der Waals surface area contributed by atoms with Crippen LogP contribution in [-0.4, -0.2) is 47.0 Å². The molecule has 0 amide bonds. The number of aliphatic hydroxyl groups excluding tert-OH is 1. The zero-order chi connectivity index (χ0) is 14.9. The maximum atomic E-state index is 11.6. The highest BCUT2D eigenvalue weighted by molar-refractivity contribution is 7.88. The zero-order valence-corrected chi connectivity index (χ0v) is 13.1. The Morgan fingerprint density at radius 1 is 1.55 bits per heavy atom. The highest BCUT2D eigenvalue weighted by Crippen LogP contribution is 2.29. The lowest BCUT2D eigenvalue weighted by molar-refractivity contribution is 0.122. The van der Waals surface area contributed by atoms with Gasteiger partial charge in [0.25, 0.3) is 0 Å². The van der Waals surface area contributed by atoms with Crippen molar-refractivity contribution >= 4 is 10.0 Å². The monoisotopic (exact) mass is 301 g/mol. The van der Waals surface area contributed by atoms with E-state index in [1.807, 2.05) is 14.0 Å². The van der Waals surface area contributed by atoms with Crippen LogP contribution in [0.5, 0.6) is 0 Å². The predicted molar refractivity (Wildman–Crippen MR) is 76.7 cm³/mol. The SMILES string of the molecule is Cc1c(C(O)CC2CCCN(S(C)(=O)=O)C2)cnn1C. The van der Waals surface area contributed by atoms with Gasteiger partial charge in [0.1, 0.15) is 0 Å². The first-order valence-corrected chi connectivity index (χ1v) is 8.75. The van der Waals surface area contributed by atoms with Crippen molar-refractivity contribution in [1.82, 2.24) is 14.1 Å². The molecule has 1 aromatic heterocycles. The number of rotatable bonds is 4. The Hall–Kier alpha value is -0.920. The number of hydrogen-bond donors (Lipinski definition) is 1. The number of piperidine rings is 1. The molecule has 1 aliphatic heterocycles. The van der Waals surface area contributed by atoms with Crippen molar-refractivity contribution in [3.8, 4) is 0 Å². The largest absolute Gasteiger partial charge is 0.388 e. The van der Waals surface area contributed by atoms with Gasteiger partial charge in [0, 0.05) is 31.4 Å². The van der Waals surface area contributed by atoms with E-state index in [4.69, 9.17) is 0 Å². The quantitative estimate of drug-likeness (QED) is 0.893. The molecule has 0 radical (unpaired) electrons. The number of hydrogen-bond acceptors (Lipinski definition) is 4. The van der Waals surface area contributed by atoms with E-state index >= 15 is 0 Å². The lowest BCUT2D eigenvalue weighted by Crippen LogP contribution is -2.39. The second-order valence-electron chi connectivity index (χ2n) is 5.69. The molecule has 7 heteroatoms. The van der Waals surface area contributed by atoms with E-state index in [1.165, 1.54) is 10.6 Å². The molecule has 1 aromatic rings. The van der Waals surface area contributed by atoms with Crippen LogP contribution in [-0.2, 0) is 17.1 Å². The minimum Gasteiger partial charge on any atom is -0.388 e. The van der Waals surface area contributed by atoms with Crippen LogP contribution in [0.25, 0.3) is 0 Å².